The second-order valence-corrected chi connectivity index (χ2v) is 5.06. The summed E-state index contributed by atoms with van der Waals surface area (Å²) in [6, 6.07) is 7.33. The van der Waals surface area contributed by atoms with Crippen LogP contribution in [0.4, 0.5) is 10.5 Å². The SMILES string of the molecule is O=C(CCCCl)NCC#Cc1ccc(N2CCOC2=O)cc1. The summed E-state index contributed by atoms with van der Waals surface area (Å²) >= 11 is 5.52. The molecule has 1 aliphatic rings. The van der Waals surface area contributed by atoms with Crippen LogP contribution in [-0.4, -0.2) is 37.6 Å². The Kier molecular flexibility index (Phi) is 6.11. The first kappa shape index (κ1) is 16.2. The zero-order chi connectivity index (χ0) is 15.8. The molecule has 0 radical (unpaired) electrons. The molecule has 1 aromatic rings. The Hall–Kier alpha value is -2.19. The fraction of sp³-hybridized carbons (Fsp3) is 0.375. The second kappa shape index (κ2) is 8.30. The zero-order valence-corrected chi connectivity index (χ0v) is 12.9. The lowest BCUT2D eigenvalue weighted by Crippen LogP contribution is -2.23. The molecule has 1 aromatic carbocycles. The van der Waals surface area contributed by atoms with Crippen molar-refractivity contribution in [2.45, 2.75) is 12.8 Å². The molecule has 0 unspecified atom stereocenters. The van der Waals surface area contributed by atoms with E-state index in [9.17, 15) is 9.59 Å². The van der Waals surface area contributed by atoms with Gasteiger partial charge in [-0.1, -0.05) is 11.8 Å². The molecule has 2 amide bonds. The number of halogens is 1. The van der Waals surface area contributed by atoms with Gasteiger partial charge in [0.05, 0.1) is 13.1 Å². The number of hydrogen-bond acceptors (Lipinski definition) is 3. The fourth-order valence-electron chi connectivity index (χ4n) is 1.96. The smallest absolute Gasteiger partial charge is 0.414 e. The number of nitrogens with one attached hydrogen (secondary N) is 1. The third-order valence-corrected chi connectivity index (χ3v) is 3.35. The molecule has 1 N–H and O–H groups in total. The van der Waals surface area contributed by atoms with E-state index in [4.69, 9.17) is 16.3 Å². The molecule has 1 heterocycles. The molecule has 0 atom stereocenters. The van der Waals surface area contributed by atoms with Crippen LogP contribution in [0.3, 0.4) is 0 Å². The molecule has 5 nitrogen and oxygen atoms in total. The van der Waals surface area contributed by atoms with Crippen LogP contribution in [-0.2, 0) is 9.53 Å². The first-order chi connectivity index (χ1) is 10.7. The first-order valence-corrected chi connectivity index (χ1v) is 7.60. The average molecular weight is 321 g/mol. The van der Waals surface area contributed by atoms with Gasteiger partial charge in [-0.2, -0.15) is 0 Å². The standard InChI is InChI=1S/C16H17ClN2O3/c17-9-1-4-15(20)18-10-2-3-13-5-7-14(8-6-13)19-11-12-22-16(19)21/h5-8H,1,4,9-12H2,(H,18,20). The van der Waals surface area contributed by atoms with Gasteiger partial charge >= 0.3 is 6.09 Å². The maximum absolute atomic E-state index is 11.4. The lowest BCUT2D eigenvalue weighted by molar-refractivity contribution is -0.120. The molecular formula is C16H17ClN2O3. The van der Waals surface area contributed by atoms with E-state index >= 15 is 0 Å². The Morgan fingerprint density at radius 2 is 2.14 bits per heavy atom. The number of carbonyl (C=O) groups excluding carboxylic acids is 2. The minimum Gasteiger partial charge on any atom is -0.447 e. The Balaban J connectivity index is 1.83. The van der Waals surface area contributed by atoms with E-state index in [0.29, 0.717) is 38.4 Å². The van der Waals surface area contributed by atoms with Crippen LogP contribution in [0.2, 0.25) is 0 Å². The molecule has 0 aliphatic carbocycles. The van der Waals surface area contributed by atoms with Crippen LogP contribution >= 0.6 is 11.6 Å². The Morgan fingerprint density at radius 3 is 2.77 bits per heavy atom. The number of benzene rings is 1. The van der Waals surface area contributed by atoms with Gasteiger partial charge < -0.3 is 10.1 Å². The normalized spacial score (nSPS) is 13.3. The highest BCUT2D eigenvalue weighted by atomic mass is 35.5. The zero-order valence-electron chi connectivity index (χ0n) is 12.1. The molecule has 22 heavy (non-hydrogen) atoms. The number of alkyl halides is 1. The number of carbonyl (C=O) groups is 2. The van der Waals surface area contributed by atoms with Gasteiger partial charge in [-0.05, 0) is 30.7 Å². The third-order valence-electron chi connectivity index (χ3n) is 3.08. The van der Waals surface area contributed by atoms with Gasteiger partial charge in [0.15, 0.2) is 0 Å². The predicted octanol–water partition coefficient (Wildman–Crippen LogP) is 2.13. The highest BCUT2D eigenvalue weighted by Gasteiger charge is 2.22. The molecule has 1 aliphatic heterocycles. The topological polar surface area (TPSA) is 58.6 Å². The lowest BCUT2D eigenvalue weighted by Gasteiger charge is -2.11. The van der Waals surface area contributed by atoms with Crippen molar-refractivity contribution in [1.29, 1.82) is 0 Å². The van der Waals surface area contributed by atoms with Crippen LogP contribution in [0.5, 0.6) is 0 Å². The number of amides is 2. The van der Waals surface area contributed by atoms with Crippen molar-refractivity contribution in [2.75, 3.05) is 30.5 Å². The lowest BCUT2D eigenvalue weighted by atomic mass is 10.2. The van der Waals surface area contributed by atoms with E-state index in [2.05, 4.69) is 17.2 Å². The molecular weight excluding hydrogens is 304 g/mol. The Morgan fingerprint density at radius 1 is 1.36 bits per heavy atom. The second-order valence-electron chi connectivity index (χ2n) is 4.68. The molecule has 116 valence electrons. The summed E-state index contributed by atoms with van der Waals surface area (Å²) in [5.41, 5.74) is 1.62. The maximum atomic E-state index is 11.4. The molecule has 0 saturated carbocycles. The largest absolute Gasteiger partial charge is 0.447 e. The Labute approximate surface area is 134 Å². The van der Waals surface area contributed by atoms with Crippen LogP contribution in [0.15, 0.2) is 24.3 Å². The third kappa shape index (κ3) is 4.68. The highest BCUT2D eigenvalue weighted by Crippen LogP contribution is 2.18. The predicted molar refractivity (Wildman–Crippen MR) is 85.0 cm³/mol. The van der Waals surface area contributed by atoms with Gasteiger partial charge in [-0.3, -0.25) is 9.69 Å². The van der Waals surface area contributed by atoms with Gasteiger partial charge in [0.1, 0.15) is 6.61 Å². The number of anilines is 1. The van der Waals surface area contributed by atoms with Crippen molar-refractivity contribution in [3.8, 4) is 11.8 Å². The summed E-state index contributed by atoms with van der Waals surface area (Å²) in [4.78, 5) is 24.4. The maximum Gasteiger partial charge on any atom is 0.414 e. The average Bonchev–Trinajstić information content (AvgIpc) is 2.96. The molecule has 0 bridgehead atoms. The molecule has 2 rings (SSSR count). The van der Waals surface area contributed by atoms with E-state index in [1.54, 1.807) is 4.90 Å². The van der Waals surface area contributed by atoms with E-state index in [0.717, 1.165) is 11.3 Å². The van der Waals surface area contributed by atoms with E-state index in [1.165, 1.54) is 0 Å². The number of nitrogens with zero attached hydrogens (tertiary/aromatic N) is 1. The van der Waals surface area contributed by atoms with E-state index in [-0.39, 0.29) is 12.0 Å². The first-order valence-electron chi connectivity index (χ1n) is 7.06. The van der Waals surface area contributed by atoms with Gasteiger partial charge in [-0.15, -0.1) is 11.6 Å². The summed E-state index contributed by atoms with van der Waals surface area (Å²) in [5.74, 6) is 6.28. The van der Waals surface area contributed by atoms with Gasteiger partial charge in [0, 0.05) is 23.6 Å². The summed E-state index contributed by atoms with van der Waals surface area (Å²) in [5, 5.41) is 2.71. The van der Waals surface area contributed by atoms with Crippen molar-refractivity contribution >= 4 is 29.3 Å². The minimum atomic E-state index is -0.321. The van der Waals surface area contributed by atoms with Crippen LogP contribution in [0.1, 0.15) is 18.4 Å². The minimum absolute atomic E-state index is 0.0437. The molecule has 1 saturated heterocycles. The van der Waals surface area contributed by atoms with Crippen LogP contribution in [0, 0.1) is 11.8 Å². The van der Waals surface area contributed by atoms with Crippen LogP contribution in [0.25, 0.3) is 0 Å². The van der Waals surface area contributed by atoms with Crippen molar-refractivity contribution in [3.63, 3.8) is 0 Å². The van der Waals surface area contributed by atoms with Crippen molar-refractivity contribution in [3.05, 3.63) is 29.8 Å². The number of cyclic esters (lactones) is 1. The molecule has 1 fully saturated rings. The van der Waals surface area contributed by atoms with E-state index in [1.807, 2.05) is 24.3 Å². The molecule has 0 aromatic heterocycles. The van der Waals surface area contributed by atoms with Gasteiger partial charge in [0.25, 0.3) is 0 Å². The quantitative estimate of drug-likeness (QED) is 0.668. The van der Waals surface area contributed by atoms with E-state index < -0.39 is 0 Å². The summed E-state index contributed by atoms with van der Waals surface area (Å²) < 4.78 is 4.89. The number of ether oxygens (including phenoxy) is 1. The van der Waals surface area contributed by atoms with Gasteiger partial charge in [-0.25, -0.2) is 4.79 Å². The van der Waals surface area contributed by atoms with Crippen LogP contribution < -0.4 is 10.2 Å². The van der Waals surface area contributed by atoms with Gasteiger partial charge in [0.2, 0.25) is 5.91 Å². The molecule has 0 spiro atoms. The highest BCUT2D eigenvalue weighted by molar-refractivity contribution is 6.17. The van der Waals surface area contributed by atoms with Crippen molar-refractivity contribution in [1.82, 2.24) is 5.32 Å². The molecule has 6 heteroatoms. The Bertz CT molecular complexity index is 590. The number of hydrogen-bond donors (Lipinski definition) is 1. The summed E-state index contributed by atoms with van der Waals surface area (Å²) in [6.07, 6.45) is 0.769. The monoisotopic (exact) mass is 320 g/mol. The number of rotatable bonds is 5. The van der Waals surface area contributed by atoms with Crippen molar-refractivity contribution < 1.29 is 14.3 Å². The summed E-state index contributed by atoms with van der Waals surface area (Å²) in [7, 11) is 0. The van der Waals surface area contributed by atoms with Crippen molar-refractivity contribution in [2.24, 2.45) is 0 Å². The fourth-order valence-corrected chi connectivity index (χ4v) is 2.09. The summed E-state index contributed by atoms with van der Waals surface area (Å²) in [6.45, 7) is 1.29.